The van der Waals surface area contributed by atoms with Crippen LogP contribution in [-0.2, 0) is 0 Å². The van der Waals surface area contributed by atoms with Crippen LogP contribution in [0.2, 0.25) is 0 Å². The largest absolute Gasteiger partial charge is 1.00 e. The summed E-state index contributed by atoms with van der Waals surface area (Å²) in [6, 6.07) is 13.4. The number of aldehydes is 1. The Morgan fingerprint density at radius 2 is 1.47 bits per heavy atom. The highest BCUT2D eigenvalue weighted by Crippen LogP contribution is 2.04. The minimum absolute atomic E-state index is 0. The van der Waals surface area contributed by atoms with Crippen molar-refractivity contribution in [3.63, 3.8) is 0 Å². The first-order valence-corrected chi connectivity index (χ1v) is 5.08. The minimum atomic E-state index is 0. The molecule has 86 valence electrons. The van der Waals surface area contributed by atoms with Gasteiger partial charge in [0.2, 0.25) is 0 Å². The van der Waals surface area contributed by atoms with Gasteiger partial charge in [-0.2, -0.15) is 4.57 Å². The number of carbonyl (C=O) groups excluding carboxylic acids is 1. The zero-order valence-electron chi connectivity index (χ0n) is 9.16. The number of rotatable bonds is 3. The Bertz CT molecular complexity index is 491. The van der Waals surface area contributed by atoms with E-state index in [0.29, 0.717) is 5.56 Å². The van der Waals surface area contributed by atoms with Crippen LogP contribution in [0.15, 0.2) is 54.9 Å². The standard InChI is InChI=1S/C14H12NO.BrH/c16-12-14-6-4-13(5-7-14)8-11-15-9-2-1-3-10-15;/h1-12H;1H/q+1;/p-1. The maximum absolute atomic E-state index is 10.5. The summed E-state index contributed by atoms with van der Waals surface area (Å²) in [7, 11) is 0. The number of nitrogens with zero attached hydrogens (tertiary/aromatic N) is 1. The molecular weight excluding hydrogens is 278 g/mol. The van der Waals surface area contributed by atoms with Crippen LogP contribution in [-0.4, -0.2) is 6.29 Å². The van der Waals surface area contributed by atoms with Gasteiger partial charge in [-0.15, -0.1) is 0 Å². The third-order valence-corrected chi connectivity index (χ3v) is 2.25. The summed E-state index contributed by atoms with van der Waals surface area (Å²) < 4.78 is 1.97. The fourth-order valence-electron chi connectivity index (χ4n) is 1.37. The molecule has 17 heavy (non-hydrogen) atoms. The first-order valence-electron chi connectivity index (χ1n) is 5.08. The van der Waals surface area contributed by atoms with Gasteiger partial charge in [0, 0.05) is 23.8 Å². The summed E-state index contributed by atoms with van der Waals surface area (Å²) in [6.45, 7) is 0. The monoisotopic (exact) mass is 289 g/mol. The number of hydrogen-bond donors (Lipinski definition) is 0. The van der Waals surface area contributed by atoms with E-state index in [1.165, 1.54) is 0 Å². The second-order valence-corrected chi connectivity index (χ2v) is 3.42. The Morgan fingerprint density at radius 3 is 2.06 bits per heavy atom. The molecular formula is C14H12BrNO. The summed E-state index contributed by atoms with van der Waals surface area (Å²) in [5.74, 6) is 0. The summed E-state index contributed by atoms with van der Waals surface area (Å²) >= 11 is 0. The molecule has 0 amide bonds. The number of halogens is 1. The molecule has 0 aliphatic rings. The zero-order valence-corrected chi connectivity index (χ0v) is 10.7. The molecule has 0 N–H and O–H groups in total. The van der Waals surface area contributed by atoms with Crippen LogP contribution >= 0.6 is 0 Å². The molecule has 1 aromatic carbocycles. The van der Waals surface area contributed by atoms with E-state index in [1.807, 2.05) is 71.7 Å². The minimum Gasteiger partial charge on any atom is -1.00 e. The summed E-state index contributed by atoms with van der Waals surface area (Å²) in [4.78, 5) is 10.5. The summed E-state index contributed by atoms with van der Waals surface area (Å²) in [5, 5.41) is 0. The predicted octanol–water partition coefficient (Wildman–Crippen LogP) is -0.582. The normalized spacial score (nSPS) is 9.88. The van der Waals surface area contributed by atoms with Crippen LogP contribution in [0.25, 0.3) is 12.3 Å². The molecule has 0 bridgehead atoms. The van der Waals surface area contributed by atoms with Crippen molar-refractivity contribution in [2.75, 3.05) is 0 Å². The lowest BCUT2D eigenvalue weighted by molar-refractivity contribution is -0.567. The Balaban J connectivity index is 0.00000144. The van der Waals surface area contributed by atoms with E-state index >= 15 is 0 Å². The number of carbonyl (C=O) groups is 1. The number of aromatic nitrogens is 1. The third-order valence-electron chi connectivity index (χ3n) is 2.25. The van der Waals surface area contributed by atoms with Crippen LogP contribution in [0.5, 0.6) is 0 Å². The highest BCUT2D eigenvalue weighted by molar-refractivity contribution is 5.75. The predicted molar refractivity (Wildman–Crippen MR) is 63.7 cm³/mol. The molecule has 0 fully saturated rings. The molecule has 0 spiro atoms. The van der Waals surface area contributed by atoms with E-state index in [1.54, 1.807) is 0 Å². The Kier molecular flexibility index (Phi) is 5.30. The van der Waals surface area contributed by atoms with Crippen molar-refractivity contribution in [1.82, 2.24) is 0 Å². The molecule has 0 radical (unpaired) electrons. The van der Waals surface area contributed by atoms with Gasteiger partial charge in [-0.3, -0.25) is 4.79 Å². The van der Waals surface area contributed by atoms with Gasteiger partial charge in [0.25, 0.3) is 0 Å². The van der Waals surface area contributed by atoms with Gasteiger partial charge in [0.15, 0.2) is 18.6 Å². The van der Waals surface area contributed by atoms with E-state index in [4.69, 9.17) is 0 Å². The van der Waals surface area contributed by atoms with Gasteiger partial charge in [-0.05, 0) is 5.56 Å². The quantitative estimate of drug-likeness (QED) is 0.547. The third kappa shape index (κ3) is 3.96. The lowest BCUT2D eigenvalue weighted by Crippen LogP contribution is -3.00. The Hall–Kier alpha value is -1.74. The average Bonchev–Trinajstić information content (AvgIpc) is 2.38. The van der Waals surface area contributed by atoms with Gasteiger partial charge in [0.1, 0.15) is 6.29 Å². The highest BCUT2D eigenvalue weighted by atomic mass is 79.9. The summed E-state index contributed by atoms with van der Waals surface area (Å²) in [6.07, 6.45) is 8.75. The molecule has 0 atom stereocenters. The molecule has 1 heterocycles. The molecule has 0 aliphatic heterocycles. The van der Waals surface area contributed by atoms with Crippen LogP contribution in [0.1, 0.15) is 15.9 Å². The van der Waals surface area contributed by atoms with Gasteiger partial charge in [-0.1, -0.05) is 30.3 Å². The SMILES string of the molecule is O=Cc1ccc(C=C[n+]2ccccc2)cc1.[Br-]. The van der Waals surface area contributed by atoms with Crippen molar-refractivity contribution in [3.8, 4) is 0 Å². The molecule has 0 aliphatic carbocycles. The molecule has 3 heteroatoms. The molecule has 0 unspecified atom stereocenters. The molecule has 2 aromatic rings. The highest BCUT2D eigenvalue weighted by Gasteiger charge is 1.92. The fourth-order valence-corrected chi connectivity index (χ4v) is 1.37. The summed E-state index contributed by atoms with van der Waals surface area (Å²) in [5.41, 5.74) is 1.77. The number of hydrogen-bond acceptors (Lipinski definition) is 1. The van der Waals surface area contributed by atoms with Gasteiger partial charge in [0.05, 0.1) is 0 Å². The number of pyridine rings is 1. The van der Waals surface area contributed by atoms with Crippen molar-refractivity contribution in [2.24, 2.45) is 0 Å². The molecule has 1 aromatic heterocycles. The van der Waals surface area contributed by atoms with Crippen molar-refractivity contribution in [2.45, 2.75) is 0 Å². The van der Waals surface area contributed by atoms with E-state index < -0.39 is 0 Å². The molecule has 2 nitrogen and oxygen atoms in total. The average molecular weight is 290 g/mol. The second-order valence-electron chi connectivity index (χ2n) is 3.42. The van der Waals surface area contributed by atoms with Gasteiger partial charge >= 0.3 is 0 Å². The Morgan fingerprint density at radius 1 is 0.882 bits per heavy atom. The Labute approximate surface area is 111 Å². The lowest BCUT2D eigenvalue weighted by Gasteiger charge is -1.92. The first kappa shape index (κ1) is 13.3. The van der Waals surface area contributed by atoms with E-state index in [2.05, 4.69) is 0 Å². The lowest BCUT2D eigenvalue weighted by atomic mass is 10.1. The van der Waals surface area contributed by atoms with Crippen molar-refractivity contribution in [1.29, 1.82) is 0 Å². The molecule has 0 saturated carbocycles. The molecule has 2 rings (SSSR count). The maximum Gasteiger partial charge on any atom is 0.175 e. The zero-order chi connectivity index (χ0) is 11.2. The first-order chi connectivity index (χ1) is 7.88. The van der Waals surface area contributed by atoms with Crippen molar-refractivity contribution >= 4 is 18.6 Å². The van der Waals surface area contributed by atoms with E-state index in [-0.39, 0.29) is 17.0 Å². The second kappa shape index (κ2) is 6.76. The van der Waals surface area contributed by atoms with Gasteiger partial charge < -0.3 is 17.0 Å². The van der Waals surface area contributed by atoms with Gasteiger partial charge in [-0.25, -0.2) is 0 Å². The van der Waals surface area contributed by atoms with Crippen LogP contribution in [0.4, 0.5) is 0 Å². The number of benzene rings is 1. The van der Waals surface area contributed by atoms with E-state index in [0.717, 1.165) is 11.8 Å². The van der Waals surface area contributed by atoms with Crippen LogP contribution in [0.3, 0.4) is 0 Å². The van der Waals surface area contributed by atoms with Crippen LogP contribution in [0, 0.1) is 0 Å². The van der Waals surface area contributed by atoms with Crippen molar-refractivity contribution < 1.29 is 26.3 Å². The smallest absolute Gasteiger partial charge is 0.175 e. The van der Waals surface area contributed by atoms with Crippen molar-refractivity contribution in [3.05, 3.63) is 66.0 Å². The maximum atomic E-state index is 10.5. The fraction of sp³-hybridized carbons (Fsp3) is 0. The van der Waals surface area contributed by atoms with E-state index in [9.17, 15) is 4.79 Å². The van der Waals surface area contributed by atoms with Crippen LogP contribution < -0.4 is 21.5 Å². The topological polar surface area (TPSA) is 20.9 Å². The molecule has 0 saturated heterocycles.